The molecule has 0 amide bonds. The van der Waals surface area contributed by atoms with Gasteiger partial charge in [-0.3, -0.25) is 0 Å². The quantitative estimate of drug-likeness (QED) is 0.686. The van der Waals surface area contributed by atoms with Gasteiger partial charge in [-0.15, -0.1) is 11.3 Å². The van der Waals surface area contributed by atoms with Crippen molar-refractivity contribution in [3.05, 3.63) is 52.5 Å². The van der Waals surface area contributed by atoms with Crippen molar-refractivity contribution < 1.29 is 14.3 Å². The van der Waals surface area contributed by atoms with E-state index in [0.29, 0.717) is 25.7 Å². The molecular formula is C20H24N2O3S. The van der Waals surface area contributed by atoms with Crippen molar-refractivity contribution >= 4 is 22.4 Å². The Morgan fingerprint density at radius 3 is 2.85 bits per heavy atom. The second-order valence-corrected chi connectivity index (χ2v) is 7.88. The highest BCUT2D eigenvalue weighted by Gasteiger charge is 2.25. The predicted molar refractivity (Wildman–Crippen MR) is 102 cm³/mol. The minimum Gasteiger partial charge on any atom is -0.440 e. The van der Waals surface area contributed by atoms with Crippen molar-refractivity contribution in [3.8, 4) is 0 Å². The van der Waals surface area contributed by atoms with Crippen molar-refractivity contribution in [3.63, 3.8) is 0 Å². The first kappa shape index (κ1) is 17.7. The molecule has 1 unspecified atom stereocenters. The average molecular weight is 372 g/mol. The molecule has 6 heteroatoms. The topological polar surface area (TPSA) is 58.7 Å². The number of para-hydroxylation sites is 2. The van der Waals surface area contributed by atoms with E-state index >= 15 is 0 Å². The number of aliphatic hydroxyl groups excluding tert-OH is 1. The molecule has 1 saturated heterocycles. The van der Waals surface area contributed by atoms with Gasteiger partial charge in [0.25, 0.3) is 0 Å². The molecule has 0 spiro atoms. The SMILES string of the molecule is OC(COCc1cccs1)CN1CCC(c2nc3ccccc3o2)CC1. The van der Waals surface area contributed by atoms with Gasteiger partial charge in [0, 0.05) is 17.3 Å². The van der Waals surface area contributed by atoms with E-state index < -0.39 is 6.10 Å². The van der Waals surface area contributed by atoms with E-state index in [4.69, 9.17) is 9.15 Å². The first-order valence-electron chi connectivity index (χ1n) is 9.14. The molecule has 1 aliphatic heterocycles. The Morgan fingerprint density at radius 2 is 2.08 bits per heavy atom. The van der Waals surface area contributed by atoms with Gasteiger partial charge in [-0.2, -0.15) is 0 Å². The largest absolute Gasteiger partial charge is 0.440 e. The summed E-state index contributed by atoms with van der Waals surface area (Å²) in [5.41, 5.74) is 1.80. The maximum atomic E-state index is 10.2. The monoisotopic (exact) mass is 372 g/mol. The number of hydrogen-bond acceptors (Lipinski definition) is 6. The van der Waals surface area contributed by atoms with E-state index in [2.05, 4.69) is 9.88 Å². The fourth-order valence-electron chi connectivity index (χ4n) is 3.47. The summed E-state index contributed by atoms with van der Waals surface area (Å²) in [7, 11) is 0. The maximum Gasteiger partial charge on any atom is 0.198 e. The summed E-state index contributed by atoms with van der Waals surface area (Å²) in [6.45, 7) is 3.51. The molecule has 2 aromatic heterocycles. The number of β-amino-alcohol motifs (C(OH)–C–C–N with tert-alkyl or cyclic N) is 1. The normalized spacial score (nSPS) is 17.7. The lowest BCUT2D eigenvalue weighted by Gasteiger charge is -2.31. The number of piperidine rings is 1. The number of rotatable bonds is 7. The number of likely N-dealkylation sites (tertiary alicyclic amines) is 1. The second kappa shape index (κ2) is 8.31. The average Bonchev–Trinajstić information content (AvgIpc) is 3.31. The molecule has 0 aliphatic carbocycles. The minimum atomic E-state index is -0.448. The minimum absolute atomic E-state index is 0.367. The van der Waals surface area contributed by atoms with Gasteiger partial charge in [-0.25, -0.2) is 4.98 Å². The van der Waals surface area contributed by atoms with E-state index in [1.165, 1.54) is 4.88 Å². The van der Waals surface area contributed by atoms with Crippen molar-refractivity contribution in [2.45, 2.75) is 31.5 Å². The summed E-state index contributed by atoms with van der Waals surface area (Å²) < 4.78 is 11.5. The smallest absolute Gasteiger partial charge is 0.198 e. The fraction of sp³-hybridized carbons (Fsp3) is 0.450. The maximum absolute atomic E-state index is 10.2. The summed E-state index contributed by atoms with van der Waals surface area (Å²) in [4.78, 5) is 8.13. The van der Waals surface area contributed by atoms with E-state index in [1.54, 1.807) is 11.3 Å². The van der Waals surface area contributed by atoms with Crippen LogP contribution < -0.4 is 0 Å². The van der Waals surface area contributed by atoms with E-state index in [9.17, 15) is 5.11 Å². The van der Waals surface area contributed by atoms with Crippen LogP contribution in [0.4, 0.5) is 0 Å². The highest BCUT2D eigenvalue weighted by molar-refractivity contribution is 7.09. The van der Waals surface area contributed by atoms with Crippen LogP contribution in [0.1, 0.15) is 29.5 Å². The number of nitrogens with zero attached hydrogens (tertiary/aromatic N) is 2. The Labute approximate surface area is 157 Å². The van der Waals surface area contributed by atoms with Crippen molar-refractivity contribution in [1.82, 2.24) is 9.88 Å². The van der Waals surface area contributed by atoms with Crippen LogP contribution in [0.5, 0.6) is 0 Å². The molecule has 1 aromatic carbocycles. The van der Waals surface area contributed by atoms with Crippen molar-refractivity contribution in [2.24, 2.45) is 0 Å². The third-order valence-corrected chi connectivity index (χ3v) is 5.70. The third kappa shape index (κ3) is 4.32. The van der Waals surface area contributed by atoms with Crippen molar-refractivity contribution in [2.75, 3.05) is 26.2 Å². The van der Waals surface area contributed by atoms with Crippen LogP contribution in [0.25, 0.3) is 11.1 Å². The number of oxazole rings is 1. The molecule has 0 saturated carbocycles. The molecule has 26 heavy (non-hydrogen) atoms. The molecule has 5 nitrogen and oxygen atoms in total. The predicted octanol–water partition coefficient (Wildman–Crippen LogP) is 3.65. The highest BCUT2D eigenvalue weighted by atomic mass is 32.1. The summed E-state index contributed by atoms with van der Waals surface area (Å²) in [6.07, 6.45) is 1.57. The van der Waals surface area contributed by atoms with Crippen LogP contribution in [-0.4, -0.2) is 47.3 Å². The molecule has 0 radical (unpaired) electrons. The Hall–Kier alpha value is -1.73. The molecule has 1 fully saturated rings. The number of fused-ring (bicyclic) bond motifs is 1. The van der Waals surface area contributed by atoms with Gasteiger partial charge in [0.15, 0.2) is 11.5 Å². The zero-order valence-corrected chi connectivity index (χ0v) is 15.5. The molecule has 0 bridgehead atoms. The molecule has 4 rings (SSSR count). The van der Waals surface area contributed by atoms with Crippen LogP contribution in [-0.2, 0) is 11.3 Å². The Balaban J connectivity index is 1.21. The number of aromatic nitrogens is 1. The van der Waals surface area contributed by atoms with E-state index in [1.807, 2.05) is 41.8 Å². The standard InChI is InChI=1S/C20H24N2O3S/c23-16(13-24-14-17-4-3-11-26-17)12-22-9-7-15(8-10-22)20-21-18-5-1-2-6-19(18)25-20/h1-6,11,15-16,23H,7-10,12-14H2. The Bertz CT molecular complexity index is 776. The number of thiophene rings is 1. The molecule has 1 atom stereocenters. The number of hydrogen-bond donors (Lipinski definition) is 1. The zero-order valence-electron chi connectivity index (χ0n) is 14.7. The second-order valence-electron chi connectivity index (χ2n) is 6.84. The third-order valence-electron chi connectivity index (χ3n) is 4.85. The van der Waals surface area contributed by atoms with E-state index in [0.717, 1.165) is 42.9 Å². The first-order chi connectivity index (χ1) is 12.8. The Morgan fingerprint density at radius 1 is 1.23 bits per heavy atom. The van der Waals surface area contributed by atoms with Gasteiger partial charge in [-0.1, -0.05) is 18.2 Å². The molecule has 1 N–H and O–H groups in total. The van der Waals surface area contributed by atoms with Gasteiger partial charge >= 0.3 is 0 Å². The zero-order chi connectivity index (χ0) is 17.8. The lowest BCUT2D eigenvalue weighted by Crippen LogP contribution is -2.39. The van der Waals surface area contributed by atoms with Crippen LogP contribution in [0.15, 0.2) is 46.2 Å². The molecule has 3 heterocycles. The Kier molecular flexibility index (Phi) is 5.65. The van der Waals surface area contributed by atoms with Crippen molar-refractivity contribution in [1.29, 1.82) is 0 Å². The summed E-state index contributed by atoms with van der Waals surface area (Å²) >= 11 is 1.68. The van der Waals surface area contributed by atoms with Crippen LogP contribution in [0.2, 0.25) is 0 Å². The molecule has 1 aliphatic rings. The summed E-state index contributed by atoms with van der Waals surface area (Å²) in [6, 6.07) is 12.0. The molecular weight excluding hydrogens is 348 g/mol. The van der Waals surface area contributed by atoms with Crippen LogP contribution >= 0.6 is 11.3 Å². The molecule has 138 valence electrons. The number of benzene rings is 1. The van der Waals surface area contributed by atoms with Gasteiger partial charge in [0.2, 0.25) is 0 Å². The molecule has 3 aromatic rings. The van der Waals surface area contributed by atoms with Crippen LogP contribution in [0, 0.1) is 0 Å². The summed E-state index contributed by atoms with van der Waals surface area (Å²) in [5.74, 6) is 1.22. The van der Waals surface area contributed by atoms with Gasteiger partial charge < -0.3 is 19.2 Å². The lowest BCUT2D eigenvalue weighted by atomic mass is 9.96. The highest BCUT2D eigenvalue weighted by Crippen LogP contribution is 2.29. The first-order valence-corrected chi connectivity index (χ1v) is 10.0. The summed E-state index contributed by atoms with van der Waals surface area (Å²) in [5, 5.41) is 12.3. The lowest BCUT2D eigenvalue weighted by molar-refractivity contribution is 0.00656. The van der Waals surface area contributed by atoms with Crippen LogP contribution in [0.3, 0.4) is 0 Å². The number of ether oxygens (including phenoxy) is 1. The number of aliphatic hydroxyl groups is 1. The van der Waals surface area contributed by atoms with E-state index in [-0.39, 0.29) is 0 Å². The van der Waals surface area contributed by atoms with Gasteiger partial charge in [0.05, 0.1) is 19.3 Å². The van der Waals surface area contributed by atoms with Gasteiger partial charge in [-0.05, 0) is 49.5 Å². The van der Waals surface area contributed by atoms with Gasteiger partial charge in [0.1, 0.15) is 5.52 Å². The fourth-order valence-corrected chi connectivity index (χ4v) is 4.11.